The standard InChI is InChI=1S/C23H28N2O5/c1-5-29-18-8-10-19(11-9-18)30-17(4)23(28)25-24-22(27)13-12-21(26)20-14-15(2)6-7-16(20)3/h6-11,14,17H,5,12-13H2,1-4H3,(H,24,27)(H,25,28)/t17-/m0/s1. The first kappa shape index (κ1) is 22.9. The summed E-state index contributed by atoms with van der Waals surface area (Å²) in [6.07, 6.45) is -0.787. The quantitative estimate of drug-likeness (QED) is 0.487. The highest BCUT2D eigenvalue weighted by Crippen LogP contribution is 2.18. The van der Waals surface area contributed by atoms with Crippen molar-refractivity contribution in [1.82, 2.24) is 10.9 Å². The van der Waals surface area contributed by atoms with E-state index in [1.807, 2.05) is 39.0 Å². The summed E-state index contributed by atoms with van der Waals surface area (Å²) in [4.78, 5) is 36.4. The van der Waals surface area contributed by atoms with E-state index in [2.05, 4.69) is 10.9 Å². The van der Waals surface area contributed by atoms with Gasteiger partial charge in [-0.25, -0.2) is 0 Å². The Labute approximate surface area is 176 Å². The number of ketones is 1. The minimum atomic E-state index is -0.820. The molecule has 0 aliphatic heterocycles. The lowest BCUT2D eigenvalue weighted by Crippen LogP contribution is -2.47. The highest BCUT2D eigenvalue weighted by atomic mass is 16.5. The van der Waals surface area contributed by atoms with Gasteiger partial charge in [-0.15, -0.1) is 0 Å². The second kappa shape index (κ2) is 11.0. The molecule has 0 heterocycles. The Morgan fingerprint density at radius 3 is 2.27 bits per heavy atom. The summed E-state index contributed by atoms with van der Waals surface area (Å²) in [6.45, 7) is 7.80. The van der Waals surface area contributed by atoms with Crippen molar-refractivity contribution in [3.05, 3.63) is 59.2 Å². The maximum atomic E-state index is 12.3. The number of hydrazine groups is 1. The number of rotatable bonds is 9. The second-order valence-electron chi connectivity index (χ2n) is 6.94. The third-order valence-electron chi connectivity index (χ3n) is 4.41. The molecule has 0 unspecified atom stereocenters. The molecule has 0 fully saturated rings. The molecule has 2 amide bonds. The van der Waals surface area contributed by atoms with Crippen LogP contribution in [0.1, 0.15) is 48.2 Å². The maximum absolute atomic E-state index is 12.3. The van der Waals surface area contributed by atoms with Crippen molar-refractivity contribution in [2.45, 2.75) is 46.6 Å². The van der Waals surface area contributed by atoms with Gasteiger partial charge >= 0.3 is 0 Å². The van der Waals surface area contributed by atoms with Crippen molar-refractivity contribution >= 4 is 17.6 Å². The van der Waals surface area contributed by atoms with Crippen molar-refractivity contribution < 1.29 is 23.9 Å². The summed E-state index contributed by atoms with van der Waals surface area (Å²) >= 11 is 0. The molecule has 2 aromatic rings. The molecule has 0 radical (unpaired) electrons. The third-order valence-corrected chi connectivity index (χ3v) is 4.41. The molecule has 0 spiro atoms. The van der Waals surface area contributed by atoms with E-state index in [1.54, 1.807) is 31.2 Å². The van der Waals surface area contributed by atoms with Crippen LogP contribution >= 0.6 is 0 Å². The molecule has 160 valence electrons. The zero-order chi connectivity index (χ0) is 22.1. The summed E-state index contributed by atoms with van der Waals surface area (Å²) < 4.78 is 10.9. The molecular weight excluding hydrogens is 384 g/mol. The van der Waals surface area contributed by atoms with Gasteiger partial charge in [0.05, 0.1) is 6.61 Å². The number of carbonyl (C=O) groups excluding carboxylic acids is 3. The van der Waals surface area contributed by atoms with Gasteiger partial charge < -0.3 is 9.47 Å². The van der Waals surface area contributed by atoms with Gasteiger partial charge in [-0.3, -0.25) is 25.2 Å². The van der Waals surface area contributed by atoms with E-state index in [4.69, 9.17) is 9.47 Å². The number of nitrogens with one attached hydrogen (secondary N) is 2. The molecule has 7 nitrogen and oxygen atoms in total. The van der Waals surface area contributed by atoms with Gasteiger partial charge in [0, 0.05) is 18.4 Å². The highest BCUT2D eigenvalue weighted by molar-refractivity contribution is 5.99. The van der Waals surface area contributed by atoms with E-state index in [0.29, 0.717) is 23.7 Å². The smallest absolute Gasteiger partial charge is 0.279 e. The van der Waals surface area contributed by atoms with Gasteiger partial charge in [0.2, 0.25) is 5.91 Å². The predicted molar refractivity (Wildman–Crippen MR) is 113 cm³/mol. The van der Waals surface area contributed by atoms with Crippen molar-refractivity contribution in [1.29, 1.82) is 0 Å². The van der Waals surface area contributed by atoms with Crippen LogP contribution in [0.3, 0.4) is 0 Å². The van der Waals surface area contributed by atoms with Crippen molar-refractivity contribution in [2.24, 2.45) is 0 Å². The van der Waals surface area contributed by atoms with Crippen LogP contribution in [0.15, 0.2) is 42.5 Å². The van der Waals surface area contributed by atoms with Crippen LogP contribution in [0.4, 0.5) is 0 Å². The molecule has 1 atom stereocenters. The number of aryl methyl sites for hydroxylation is 2. The molecule has 30 heavy (non-hydrogen) atoms. The minimum Gasteiger partial charge on any atom is -0.494 e. The number of Topliss-reactive ketones (excluding diaryl/α,β-unsaturated/α-hetero) is 1. The Morgan fingerprint density at radius 1 is 0.933 bits per heavy atom. The van der Waals surface area contributed by atoms with Gasteiger partial charge in [-0.1, -0.05) is 17.7 Å². The van der Waals surface area contributed by atoms with Crippen molar-refractivity contribution in [2.75, 3.05) is 6.61 Å². The van der Waals surface area contributed by atoms with Crippen LogP contribution < -0.4 is 20.3 Å². The van der Waals surface area contributed by atoms with E-state index in [1.165, 1.54) is 0 Å². The van der Waals surface area contributed by atoms with E-state index < -0.39 is 17.9 Å². The summed E-state index contributed by atoms with van der Waals surface area (Å²) in [5.74, 6) is 0.161. The monoisotopic (exact) mass is 412 g/mol. The first-order chi connectivity index (χ1) is 14.3. The number of hydrogen-bond acceptors (Lipinski definition) is 5. The fraction of sp³-hybridized carbons (Fsp3) is 0.348. The lowest BCUT2D eigenvalue weighted by molar-refractivity contribution is -0.132. The fourth-order valence-corrected chi connectivity index (χ4v) is 2.73. The molecule has 2 aromatic carbocycles. The number of carbonyl (C=O) groups is 3. The minimum absolute atomic E-state index is 0.0272. The van der Waals surface area contributed by atoms with Gasteiger partial charge in [0.1, 0.15) is 11.5 Å². The SMILES string of the molecule is CCOc1ccc(O[C@@H](C)C(=O)NNC(=O)CCC(=O)c2cc(C)ccc2C)cc1. The fourth-order valence-electron chi connectivity index (χ4n) is 2.73. The zero-order valence-corrected chi connectivity index (χ0v) is 17.8. The summed E-state index contributed by atoms with van der Waals surface area (Å²) in [7, 11) is 0. The van der Waals surface area contributed by atoms with Crippen molar-refractivity contribution in [3.63, 3.8) is 0 Å². The molecule has 2 rings (SSSR count). The van der Waals surface area contributed by atoms with E-state index >= 15 is 0 Å². The van der Waals surface area contributed by atoms with Gasteiger partial charge in [-0.2, -0.15) is 0 Å². The first-order valence-electron chi connectivity index (χ1n) is 9.88. The molecule has 0 saturated carbocycles. The molecule has 7 heteroatoms. The lowest BCUT2D eigenvalue weighted by atomic mass is 9.99. The average Bonchev–Trinajstić information content (AvgIpc) is 2.73. The van der Waals surface area contributed by atoms with Crippen LogP contribution in [0, 0.1) is 13.8 Å². The Morgan fingerprint density at radius 2 is 1.60 bits per heavy atom. The van der Waals surface area contributed by atoms with Crippen molar-refractivity contribution in [3.8, 4) is 11.5 Å². The number of ether oxygens (including phenoxy) is 2. The largest absolute Gasteiger partial charge is 0.494 e. The predicted octanol–water partition coefficient (Wildman–Crippen LogP) is 3.28. The van der Waals surface area contributed by atoms with E-state index in [9.17, 15) is 14.4 Å². The Bertz CT molecular complexity index is 893. The Balaban J connectivity index is 1.76. The zero-order valence-electron chi connectivity index (χ0n) is 17.8. The molecule has 0 aromatic heterocycles. The number of hydrogen-bond donors (Lipinski definition) is 2. The Kier molecular flexibility index (Phi) is 8.41. The van der Waals surface area contributed by atoms with Gasteiger partial charge in [-0.05, 0) is 63.6 Å². The topological polar surface area (TPSA) is 93.7 Å². The summed E-state index contributed by atoms with van der Waals surface area (Å²) in [6, 6.07) is 12.5. The molecule has 0 bridgehead atoms. The highest BCUT2D eigenvalue weighted by Gasteiger charge is 2.16. The summed E-state index contributed by atoms with van der Waals surface area (Å²) in [5, 5.41) is 0. The van der Waals surface area contributed by atoms with E-state index in [-0.39, 0.29) is 18.6 Å². The number of benzene rings is 2. The molecule has 2 N–H and O–H groups in total. The normalized spacial score (nSPS) is 11.3. The lowest BCUT2D eigenvalue weighted by Gasteiger charge is -2.15. The number of amides is 2. The van der Waals surface area contributed by atoms with Crippen LogP contribution in [-0.4, -0.2) is 30.3 Å². The Hall–Kier alpha value is -3.35. The molecule has 0 saturated heterocycles. The third kappa shape index (κ3) is 6.92. The molecule has 0 aliphatic rings. The first-order valence-corrected chi connectivity index (χ1v) is 9.88. The molecular formula is C23H28N2O5. The summed E-state index contributed by atoms with van der Waals surface area (Å²) in [5.41, 5.74) is 7.11. The van der Waals surface area contributed by atoms with Crippen LogP contribution in [0.2, 0.25) is 0 Å². The molecule has 0 aliphatic carbocycles. The van der Waals surface area contributed by atoms with Crippen LogP contribution in [-0.2, 0) is 9.59 Å². The second-order valence-corrected chi connectivity index (χ2v) is 6.94. The average molecular weight is 412 g/mol. The maximum Gasteiger partial charge on any atom is 0.279 e. The van der Waals surface area contributed by atoms with E-state index in [0.717, 1.165) is 11.1 Å². The van der Waals surface area contributed by atoms with Gasteiger partial charge in [0.25, 0.3) is 5.91 Å². The van der Waals surface area contributed by atoms with Crippen LogP contribution in [0.25, 0.3) is 0 Å². The van der Waals surface area contributed by atoms with Gasteiger partial charge in [0.15, 0.2) is 11.9 Å². The van der Waals surface area contributed by atoms with Crippen LogP contribution in [0.5, 0.6) is 11.5 Å².